The third-order valence-electron chi connectivity index (χ3n) is 3.10. The first-order chi connectivity index (χ1) is 8.94. The number of rotatable bonds is 4. The van der Waals surface area contributed by atoms with Gasteiger partial charge >= 0.3 is 0 Å². The molecule has 104 valence electrons. The first-order valence-electron chi connectivity index (χ1n) is 6.25. The Balaban J connectivity index is 1.85. The van der Waals surface area contributed by atoms with E-state index in [4.69, 9.17) is 0 Å². The van der Waals surface area contributed by atoms with Crippen LogP contribution in [0, 0.1) is 0 Å². The van der Waals surface area contributed by atoms with Crippen LogP contribution in [0.15, 0.2) is 24.3 Å². The number of carbonyl (C=O) groups is 1. The lowest BCUT2D eigenvalue weighted by Crippen LogP contribution is -2.29. The van der Waals surface area contributed by atoms with Gasteiger partial charge in [-0.1, -0.05) is 12.1 Å². The molecule has 1 aromatic carbocycles. The van der Waals surface area contributed by atoms with Crippen LogP contribution in [0.4, 0.5) is 5.69 Å². The maximum atomic E-state index is 11.3. The zero-order valence-electron chi connectivity index (χ0n) is 10.8. The summed E-state index contributed by atoms with van der Waals surface area (Å²) in [5.41, 5.74) is 1.83. The van der Waals surface area contributed by atoms with E-state index in [2.05, 4.69) is 10.6 Å². The number of carbonyl (C=O) groups excluding carboxylic acids is 1. The third kappa shape index (κ3) is 4.33. The quantitative estimate of drug-likeness (QED) is 0.861. The van der Waals surface area contributed by atoms with Gasteiger partial charge in [0.05, 0.1) is 11.5 Å². The minimum absolute atomic E-state index is 0.0556. The number of nitrogens with one attached hydrogen (secondary N) is 2. The molecule has 1 aromatic rings. The highest BCUT2D eigenvalue weighted by atomic mass is 32.2. The summed E-state index contributed by atoms with van der Waals surface area (Å²) >= 11 is 0. The fraction of sp³-hybridized carbons (Fsp3) is 0.462. The predicted octanol–water partition coefficient (Wildman–Crippen LogP) is 0.922. The molecule has 1 aliphatic heterocycles. The van der Waals surface area contributed by atoms with Gasteiger partial charge in [-0.15, -0.1) is 0 Å². The van der Waals surface area contributed by atoms with E-state index in [9.17, 15) is 13.2 Å². The van der Waals surface area contributed by atoms with Crippen molar-refractivity contribution in [1.82, 2.24) is 5.32 Å². The van der Waals surface area contributed by atoms with Crippen LogP contribution in [0.5, 0.6) is 0 Å². The summed E-state index contributed by atoms with van der Waals surface area (Å²) in [6, 6.07) is 7.57. The molecule has 1 aliphatic rings. The molecular formula is C13H18N2O3S. The number of benzene rings is 1. The molecule has 1 amide bonds. The van der Waals surface area contributed by atoms with Crippen molar-refractivity contribution in [3.8, 4) is 0 Å². The third-order valence-corrected chi connectivity index (χ3v) is 4.87. The molecule has 0 spiro atoms. The monoisotopic (exact) mass is 282 g/mol. The van der Waals surface area contributed by atoms with Crippen LogP contribution in [0.25, 0.3) is 0 Å². The maximum Gasteiger partial charge on any atom is 0.221 e. The standard InChI is InChI=1S/C13H18N2O3S/c1-10(16)15-12-4-2-11(3-5-12)8-14-13-6-7-19(17,18)9-13/h2-5,13-14H,6-9H2,1H3,(H,15,16). The van der Waals surface area contributed by atoms with E-state index in [1.54, 1.807) is 0 Å². The van der Waals surface area contributed by atoms with Crippen LogP contribution in [0.1, 0.15) is 18.9 Å². The molecule has 0 radical (unpaired) electrons. The molecule has 19 heavy (non-hydrogen) atoms. The Labute approximate surface area is 113 Å². The van der Waals surface area contributed by atoms with Gasteiger partial charge < -0.3 is 10.6 Å². The minimum atomic E-state index is -2.83. The van der Waals surface area contributed by atoms with E-state index in [1.165, 1.54) is 6.92 Å². The summed E-state index contributed by atoms with van der Waals surface area (Å²) in [6.45, 7) is 2.11. The SMILES string of the molecule is CC(=O)Nc1ccc(CNC2CCS(=O)(=O)C2)cc1. The number of sulfone groups is 1. The molecule has 1 unspecified atom stereocenters. The summed E-state index contributed by atoms with van der Waals surface area (Å²) in [5, 5.41) is 5.95. The zero-order valence-corrected chi connectivity index (χ0v) is 11.7. The molecule has 0 bridgehead atoms. The summed E-state index contributed by atoms with van der Waals surface area (Å²) in [5.74, 6) is 0.422. The molecule has 0 aromatic heterocycles. The molecule has 2 rings (SSSR count). The highest BCUT2D eigenvalue weighted by Gasteiger charge is 2.27. The van der Waals surface area contributed by atoms with Crippen LogP contribution in [-0.4, -0.2) is 31.9 Å². The lowest BCUT2D eigenvalue weighted by atomic mass is 10.2. The predicted molar refractivity (Wildman–Crippen MR) is 74.6 cm³/mol. The maximum absolute atomic E-state index is 11.3. The molecule has 0 saturated carbocycles. The second-order valence-electron chi connectivity index (χ2n) is 4.86. The molecule has 1 saturated heterocycles. The van der Waals surface area contributed by atoms with Gasteiger partial charge in [0.15, 0.2) is 9.84 Å². The van der Waals surface area contributed by atoms with Crippen molar-refractivity contribution in [2.45, 2.75) is 25.9 Å². The summed E-state index contributed by atoms with van der Waals surface area (Å²) in [6.07, 6.45) is 0.687. The highest BCUT2D eigenvalue weighted by molar-refractivity contribution is 7.91. The van der Waals surface area contributed by atoms with Gasteiger partial charge in [-0.2, -0.15) is 0 Å². The first-order valence-corrected chi connectivity index (χ1v) is 8.07. The van der Waals surface area contributed by atoms with Crippen molar-refractivity contribution in [1.29, 1.82) is 0 Å². The van der Waals surface area contributed by atoms with Gasteiger partial charge in [0.2, 0.25) is 5.91 Å². The Morgan fingerprint density at radius 3 is 2.53 bits per heavy atom. The van der Waals surface area contributed by atoms with Gasteiger partial charge in [0.25, 0.3) is 0 Å². The van der Waals surface area contributed by atoms with Gasteiger partial charge in [0, 0.05) is 25.2 Å². The van der Waals surface area contributed by atoms with Crippen molar-refractivity contribution in [3.63, 3.8) is 0 Å². The van der Waals surface area contributed by atoms with Gasteiger partial charge in [-0.05, 0) is 24.1 Å². The Hall–Kier alpha value is -1.40. The Kier molecular flexibility index (Phi) is 4.21. The van der Waals surface area contributed by atoms with E-state index in [0.29, 0.717) is 13.0 Å². The molecule has 1 atom stereocenters. The van der Waals surface area contributed by atoms with Crippen LogP contribution in [0.2, 0.25) is 0 Å². The number of anilines is 1. The van der Waals surface area contributed by atoms with E-state index in [0.717, 1.165) is 11.3 Å². The summed E-state index contributed by atoms with van der Waals surface area (Å²) in [7, 11) is -2.83. The molecule has 6 heteroatoms. The van der Waals surface area contributed by atoms with E-state index in [-0.39, 0.29) is 23.5 Å². The number of amides is 1. The zero-order chi connectivity index (χ0) is 13.9. The normalized spacial score (nSPS) is 21.2. The van der Waals surface area contributed by atoms with Crippen LogP contribution < -0.4 is 10.6 Å². The average molecular weight is 282 g/mol. The topological polar surface area (TPSA) is 75.3 Å². The second-order valence-corrected chi connectivity index (χ2v) is 7.09. The van der Waals surface area contributed by atoms with Crippen LogP contribution in [0.3, 0.4) is 0 Å². The average Bonchev–Trinajstić information content (AvgIpc) is 2.67. The van der Waals surface area contributed by atoms with Crippen molar-refractivity contribution in [2.75, 3.05) is 16.8 Å². The largest absolute Gasteiger partial charge is 0.326 e. The van der Waals surface area contributed by atoms with Gasteiger partial charge in [-0.25, -0.2) is 8.42 Å². The van der Waals surface area contributed by atoms with E-state index >= 15 is 0 Å². The van der Waals surface area contributed by atoms with Gasteiger partial charge in [0.1, 0.15) is 0 Å². The van der Waals surface area contributed by atoms with Crippen LogP contribution in [-0.2, 0) is 21.2 Å². The minimum Gasteiger partial charge on any atom is -0.326 e. The molecule has 1 fully saturated rings. The van der Waals surface area contributed by atoms with Gasteiger partial charge in [-0.3, -0.25) is 4.79 Å². The molecule has 1 heterocycles. The van der Waals surface area contributed by atoms with E-state index in [1.807, 2.05) is 24.3 Å². The Morgan fingerprint density at radius 1 is 1.32 bits per heavy atom. The van der Waals surface area contributed by atoms with Crippen molar-refractivity contribution < 1.29 is 13.2 Å². The smallest absolute Gasteiger partial charge is 0.221 e. The van der Waals surface area contributed by atoms with Crippen molar-refractivity contribution in [2.24, 2.45) is 0 Å². The lowest BCUT2D eigenvalue weighted by molar-refractivity contribution is -0.114. The number of hydrogen-bond acceptors (Lipinski definition) is 4. The number of hydrogen-bond donors (Lipinski definition) is 2. The molecule has 2 N–H and O–H groups in total. The Morgan fingerprint density at radius 2 is 2.00 bits per heavy atom. The summed E-state index contributed by atoms with van der Waals surface area (Å²) < 4.78 is 22.6. The molecular weight excluding hydrogens is 264 g/mol. The molecule has 0 aliphatic carbocycles. The molecule has 5 nitrogen and oxygen atoms in total. The van der Waals surface area contributed by atoms with Crippen molar-refractivity contribution >= 4 is 21.4 Å². The van der Waals surface area contributed by atoms with E-state index < -0.39 is 9.84 Å². The summed E-state index contributed by atoms with van der Waals surface area (Å²) in [4.78, 5) is 10.9. The fourth-order valence-corrected chi connectivity index (χ4v) is 3.84. The second kappa shape index (κ2) is 5.71. The van der Waals surface area contributed by atoms with Crippen LogP contribution >= 0.6 is 0 Å². The highest BCUT2D eigenvalue weighted by Crippen LogP contribution is 2.13. The lowest BCUT2D eigenvalue weighted by Gasteiger charge is -2.11. The Bertz CT molecular complexity index is 552. The first kappa shape index (κ1) is 14.0. The van der Waals surface area contributed by atoms with Crippen molar-refractivity contribution in [3.05, 3.63) is 29.8 Å². The fourth-order valence-electron chi connectivity index (χ4n) is 2.13.